The lowest BCUT2D eigenvalue weighted by Gasteiger charge is -2.10. The Morgan fingerprint density at radius 2 is 2.22 bits per heavy atom. The van der Waals surface area contributed by atoms with Crippen LogP contribution in [0.1, 0.15) is 17.2 Å². The summed E-state index contributed by atoms with van der Waals surface area (Å²) in [5, 5.41) is 14.7. The number of aliphatic hydroxyl groups is 1. The first-order valence-electron chi connectivity index (χ1n) is 5.41. The van der Waals surface area contributed by atoms with Crippen LogP contribution >= 0.6 is 11.6 Å². The molecule has 6 heteroatoms. The molecule has 18 heavy (non-hydrogen) atoms. The van der Waals surface area contributed by atoms with Gasteiger partial charge in [0.25, 0.3) is 0 Å². The highest BCUT2D eigenvalue weighted by molar-refractivity contribution is 6.32. The van der Waals surface area contributed by atoms with Crippen molar-refractivity contribution in [1.82, 2.24) is 9.78 Å². The molecule has 3 rings (SSSR count). The smallest absolute Gasteiger partial charge is 0.231 e. The summed E-state index contributed by atoms with van der Waals surface area (Å²) in [5.41, 5.74) is 1.35. The highest BCUT2D eigenvalue weighted by atomic mass is 35.5. The fourth-order valence-electron chi connectivity index (χ4n) is 1.92. The highest BCUT2D eigenvalue weighted by Gasteiger charge is 2.22. The molecule has 1 atom stereocenters. The number of aromatic nitrogens is 2. The Bertz CT molecular complexity index is 597. The lowest BCUT2D eigenvalue weighted by Crippen LogP contribution is -1.98. The number of halogens is 1. The van der Waals surface area contributed by atoms with Crippen LogP contribution in [0.2, 0.25) is 5.02 Å². The maximum atomic E-state index is 10.3. The van der Waals surface area contributed by atoms with E-state index in [2.05, 4.69) is 5.10 Å². The zero-order chi connectivity index (χ0) is 12.7. The maximum absolute atomic E-state index is 10.3. The van der Waals surface area contributed by atoms with Crippen molar-refractivity contribution < 1.29 is 14.6 Å². The molecule has 0 saturated carbocycles. The van der Waals surface area contributed by atoms with Gasteiger partial charge in [-0.25, -0.2) is 0 Å². The monoisotopic (exact) mass is 266 g/mol. The van der Waals surface area contributed by atoms with Crippen molar-refractivity contribution in [2.45, 2.75) is 6.10 Å². The molecule has 1 unspecified atom stereocenters. The topological polar surface area (TPSA) is 56.5 Å². The van der Waals surface area contributed by atoms with Gasteiger partial charge in [-0.05, 0) is 17.7 Å². The third-order valence-electron chi connectivity index (χ3n) is 2.81. The Hall–Kier alpha value is -1.72. The molecule has 0 amide bonds. The number of nitrogens with zero attached hydrogens (tertiary/aromatic N) is 2. The van der Waals surface area contributed by atoms with Gasteiger partial charge in [-0.2, -0.15) is 5.10 Å². The number of fused-ring (bicyclic) bond motifs is 1. The molecular weight excluding hydrogens is 256 g/mol. The van der Waals surface area contributed by atoms with E-state index in [9.17, 15) is 5.11 Å². The average molecular weight is 267 g/mol. The van der Waals surface area contributed by atoms with Crippen LogP contribution in [0.5, 0.6) is 11.5 Å². The van der Waals surface area contributed by atoms with Gasteiger partial charge in [-0.3, -0.25) is 4.68 Å². The summed E-state index contributed by atoms with van der Waals surface area (Å²) in [7, 11) is 1.79. The van der Waals surface area contributed by atoms with Gasteiger partial charge in [0.2, 0.25) is 6.79 Å². The minimum absolute atomic E-state index is 0.154. The second kappa shape index (κ2) is 4.19. The molecule has 2 aromatic rings. The van der Waals surface area contributed by atoms with E-state index in [0.717, 1.165) is 0 Å². The van der Waals surface area contributed by atoms with Crippen molar-refractivity contribution in [1.29, 1.82) is 0 Å². The summed E-state index contributed by atoms with van der Waals surface area (Å²) in [5.74, 6) is 1.08. The molecule has 1 aliphatic rings. The zero-order valence-electron chi connectivity index (χ0n) is 9.63. The molecule has 2 heterocycles. The first-order chi connectivity index (χ1) is 8.65. The van der Waals surface area contributed by atoms with E-state index in [1.807, 2.05) is 0 Å². The molecule has 1 aromatic heterocycles. The third kappa shape index (κ3) is 1.81. The molecule has 0 fully saturated rings. The van der Waals surface area contributed by atoms with Gasteiger partial charge in [0.05, 0.1) is 11.2 Å². The van der Waals surface area contributed by atoms with Crippen LogP contribution in [0, 0.1) is 0 Å². The molecule has 0 spiro atoms. The number of rotatable bonds is 2. The fraction of sp³-hybridized carbons (Fsp3) is 0.250. The summed E-state index contributed by atoms with van der Waals surface area (Å²) in [6.45, 7) is 0.154. The van der Waals surface area contributed by atoms with Crippen molar-refractivity contribution >= 4 is 11.6 Å². The van der Waals surface area contributed by atoms with Gasteiger partial charge in [0, 0.05) is 18.8 Å². The number of hydrogen-bond acceptors (Lipinski definition) is 4. The molecule has 0 aliphatic carbocycles. The van der Waals surface area contributed by atoms with Gasteiger partial charge >= 0.3 is 0 Å². The van der Waals surface area contributed by atoms with Crippen LogP contribution in [-0.2, 0) is 7.05 Å². The molecule has 0 radical (unpaired) electrons. The van der Waals surface area contributed by atoms with Crippen molar-refractivity contribution in [3.8, 4) is 11.5 Å². The van der Waals surface area contributed by atoms with Crippen LogP contribution in [0.3, 0.4) is 0 Å². The summed E-state index contributed by atoms with van der Waals surface area (Å²) in [4.78, 5) is 0. The summed E-state index contributed by atoms with van der Waals surface area (Å²) in [6.07, 6.45) is 2.58. The molecule has 1 aliphatic heterocycles. The standard InChI is InChI=1S/C12H11ClN2O3/c1-15-5-8(4-14-15)11(16)7-2-9(13)12-10(3-7)17-6-18-12/h2-5,11,16H,6H2,1H3. The Balaban J connectivity index is 2.00. The van der Waals surface area contributed by atoms with E-state index in [0.29, 0.717) is 27.6 Å². The van der Waals surface area contributed by atoms with E-state index >= 15 is 0 Å². The first kappa shape index (κ1) is 11.4. The van der Waals surface area contributed by atoms with E-state index in [1.54, 1.807) is 36.3 Å². The van der Waals surface area contributed by atoms with E-state index < -0.39 is 6.10 Å². The van der Waals surface area contributed by atoms with Crippen LogP contribution in [0.15, 0.2) is 24.5 Å². The summed E-state index contributed by atoms with van der Waals surface area (Å²) >= 11 is 6.07. The van der Waals surface area contributed by atoms with Gasteiger partial charge in [0.1, 0.15) is 6.10 Å². The molecule has 0 bridgehead atoms. The summed E-state index contributed by atoms with van der Waals surface area (Å²) in [6, 6.07) is 3.40. The normalized spacial score (nSPS) is 14.8. The predicted octanol–water partition coefficient (Wildman–Crippen LogP) is 1.88. The van der Waals surface area contributed by atoms with Crippen LogP contribution in [-0.4, -0.2) is 21.7 Å². The Morgan fingerprint density at radius 1 is 1.39 bits per heavy atom. The highest BCUT2D eigenvalue weighted by Crippen LogP contribution is 2.41. The van der Waals surface area contributed by atoms with Crippen molar-refractivity contribution in [3.63, 3.8) is 0 Å². The molecule has 0 saturated heterocycles. The quantitative estimate of drug-likeness (QED) is 0.902. The van der Waals surface area contributed by atoms with E-state index in [4.69, 9.17) is 21.1 Å². The van der Waals surface area contributed by atoms with Crippen LogP contribution < -0.4 is 9.47 Å². The van der Waals surface area contributed by atoms with Crippen molar-refractivity contribution in [2.75, 3.05) is 6.79 Å². The van der Waals surface area contributed by atoms with E-state index in [1.165, 1.54) is 0 Å². The maximum Gasteiger partial charge on any atom is 0.231 e. The second-order valence-corrected chi connectivity index (χ2v) is 4.49. The first-order valence-corrected chi connectivity index (χ1v) is 5.78. The fourth-order valence-corrected chi connectivity index (χ4v) is 2.19. The van der Waals surface area contributed by atoms with Crippen LogP contribution in [0.4, 0.5) is 0 Å². The molecule has 94 valence electrons. The second-order valence-electron chi connectivity index (χ2n) is 4.09. The third-order valence-corrected chi connectivity index (χ3v) is 3.09. The Morgan fingerprint density at radius 3 is 2.94 bits per heavy atom. The number of aryl methyl sites for hydroxylation is 1. The van der Waals surface area contributed by atoms with E-state index in [-0.39, 0.29) is 6.79 Å². The Kier molecular flexibility index (Phi) is 2.65. The number of ether oxygens (including phenoxy) is 2. The van der Waals surface area contributed by atoms with Gasteiger partial charge < -0.3 is 14.6 Å². The van der Waals surface area contributed by atoms with Crippen molar-refractivity contribution in [3.05, 3.63) is 40.7 Å². The predicted molar refractivity (Wildman–Crippen MR) is 64.8 cm³/mol. The largest absolute Gasteiger partial charge is 0.454 e. The zero-order valence-corrected chi connectivity index (χ0v) is 10.4. The lowest BCUT2D eigenvalue weighted by molar-refractivity contribution is 0.173. The minimum Gasteiger partial charge on any atom is -0.454 e. The Labute approximate surface area is 109 Å². The minimum atomic E-state index is -0.786. The molecule has 1 N–H and O–H groups in total. The summed E-state index contributed by atoms with van der Waals surface area (Å²) < 4.78 is 12.1. The van der Waals surface area contributed by atoms with Gasteiger partial charge in [-0.1, -0.05) is 11.6 Å². The SMILES string of the molecule is Cn1cc(C(O)c2cc(Cl)c3c(c2)OCO3)cn1. The number of hydrogen-bond donors (Lipinski definition) is 1. The van der Waals surface area contributed by atoms with Gasteiger partial charge in [0.15, 0.2) is 11.5 Å². The van der Waals surface area contributed by atoms with Crippen molar-refractivity contribution in [2.24, 2.45) is 7.05 Å². The lowest BCUT2D eigenvalue weighted by atomic mass is 10.0. The van der Waals surface area contributed by atoms with Crippen LogP contribution in [0.25, 0.3) is 0 Å². The van der Waals surface area contributed by atoms with Gasteiger partial charge in [-0.15, -0.1) is 0 Å². The molecular formula is C12H11ClN2O3. The molecule has 1 aromatic carbocycles. The number of benzene rings is 1. The number of aliphatic hydroxyl groups excluding tert-OH is 1. The molecule has 5 nitrogen and oxygen atoms in total. The average Bonchev–Trinajstić information content (AvgIpc) is 2.96.